The van der Waals surface area contributed by atoms with E-state index in [-0.39, 0.29) is 17.8 Å². The quantitative estimate of drug-likeness (QED) is 0.349. The average Bonchev–Trinajstić information content (AvgIpc) is 2.95. The number of alkyl carbamates (subject to hydrolysis) is 1. The number of piperidine rings is 1. The Hall–Kier alpha value is -1.32. The van der Waals surface area contributed by atoms with Gasteiger partial charge in [-0.3, -0.25) is 4.79 Å². The van der Waals surface area contributed by atoms with Gasteiger partial charge in [-0.2, -0.15) is 0 Å². The van der Waals surface area contributed by atoms with Gasteiger partial charge < -0.3 is 29.9 Å². The lowest BCUT2D eigenvalue weighted by atomic mass is 9.59. The number of carbonyl (C=O) groups is 2. The van der Waals surface area contributed by atoms with E-state index in [4.69, 9.17) is 4.74 Å². The van der Waals surface area contributed by atoms with Crippen molar-refractivity contribution in [3.63, 3.8) is 0 Å². The number of likely N-dealkylation sites (tertiary alicyclic amines) is 1. The number of amides is 2. The van der Waals surface area contributed by atoms with Crippen molar-refractivity contribution in [3.8, 4) is 0 Å². The summed E-state index contributed by atoms with van der Waals surface area (Å²) in [6, 6.07) is 0.405. The first-order valence-corrected chi connectivity index (χ1v) is 16.8. The molecule has 0 aromatic heterocycles. The van der Waals surface area contributed by atoms with Gasteiger partial charge in [-0.05, 0) is 109 Å². The van der Waals surface area contributed by atoms with Crippen molar-refractivity contribution >= 4 is 19.1 Å². The van der Waals surface area contributed by atoms with Crippen molar-refractivity contribution in [2.45, 2.75) is 128 Å². The molecule has 3 saturated carbocycles. The number of ether oxygens (including phenoxy) is 1. The Morgan fingerprint density at radius 3 is 2.32 bits per heavy atom. The summed E-state index contributed by atoms with van der Waals surface area (Å²) in [5.41, 5.74) is -0.470. The van der Waals surface area contributed by atoms with Crippen LogP contribution in [0.5, 0.6) is 0 Å². The predicted octanol–water partition coefficient (Wildman–Crippen LogP) is 5.08. The molecule has 4 aliphatic rings. The van der Waals surface area contributed by atoms with E-state index >= 15 is 0 Å². The second-order valence-corrected chi connectivity index (χ2v) is 14.9. The summed E-state index contributed by atoms with van der Waals surface area (Å²) >= 11 is 0. The van der Waals surface area contributed by atoms with Gasteiger partial charge in [0.05, 0.1) is 0 Å². The molecule has 1 saturated heterocycles. The zero-order valence-corrected chi connectivity index (χ0v) is 26.4. The predicted molar refractivity (Wildman–Crippen MR) is 163 cm³/mol. The van der Waals surface area contributed by atoms with Crippen molar-refractivity contribution in [1.29, 1.82) is 0 Å². The molecular formula is C32H58BN3O5. The monoisotopic (exact) mass is 575 g/mol. The summed E-state index contributed by atoms with van der Waals surface area (Å²) in [5, 5.41) is 22.8. The fourth-order valence-corrected chi connectivity index (χ4v) is 8.50. The van der Waals surface area contributed by atoms with E-state index in [0.29, 0.717) is 42.2 Å². The fraction of sp³-hybridized carbons (Fsp3) is 0.938. The topological polar surface area (TPSA) is 102 Å². The minimum Gasteiger partial charge on any atom is -0.444 e. The first-order chi connectivity index (χ1) is 19.5. The molecule has 0 aromatic rings. The summed E-state index contributed by atoms with van der Waals surface area (Å²) in [6.45, 7) is 9.04. The lowest BCUT2D eigenvalue weighted by molar-refractivity contribution is -0.139. The van der Waals surface area contributed by atoms with E-state index in [1.54, 1.807) is 0 Å². The average molecular weight is 576 g/mol. The van der Waals surface area contributed by atoms with Gasteiger partial charge in [-0.15, -0.1) is 0 Å². The maximum absolute atomic E-state index is 13.6. The van der Waals surface area contributed by atoms with E-state index in [2.05, 4.69) is 22.2 Å². The van der Waals surface area contributed by atoms with Crippen LogP contribution in [-0.2, 0) is 9.53 Å². The summed E-state index contributed by atoms with van der Waals surface area (Å²) in [7, 11) is 0.963. The first-order valence-electron chi connectivity index (χ1n) is 16.8. The van der Waals surface area contributed by atoms with Crippen LogP contribution in [0.3, 0.4) is 0 Å². The van der Waals surface area contributed by atoms with Crippen LogP contribution in [0.4, 0.5) is 4.79 Å². The smallest absolute Gasteiger partial charge is 0.444 e. The number of hydrogen-bond acceptors (Lipinski definition) is 6. The minimum atomic E-state index is -1.22. The largest absolute Gasteiger partial charge is 0.455 e. The van der Waals surface area contributed by atoms with Gasteiger partial charge in [-0.1, -0.05) is 38.5 Å². The van der Waals surface area contributed by atoms with Crippen LogP contribution in [0, 0.1) is 29.6 Å². The number of carbonyl (C=O) groups excluding carboxylic acids is 2. The maximum Gasteiger partial charge on any atom is 0.455 e. The molecular weight excluding hydrogens is 517 g/mol. The van der Waals surface area contributed by atoms with Crippen LogP contribution in [0.1, 0.15) is 111 Å². The molecule has 6 atom stereocenters. The maximum atomic E-state index is 13.6. The number of rotatable bonds is 8. The van der Waals surface area contributed by atoms with Crippen molar-refractivity contribution in [2.24, 2.45) is 29.6 Å². The summed E-state index contributed by atoms with van der Waals surface area (Å²) < 4.78 is 5.41. The molecule has 9 heteroatoms. The zero-order valence-electron chi connectivity index (χ0n) is 26.4. The van der Waals surface area contributed by atoms with E-state index in [0.717, 1.165) is 77.4 Å². The Labute approximate surface area is 249 Å². The SMILES string of the molecule is CN(CC1CCCCC1B(O)O)C1CCCC(C(=O)N2CCC(C3CCCC(CNC(=O)OC(C)(C)C)C3)CC2)C1. The highest BCUT2D eigenvalue weighted by Crippen LogP contribution is 2.40. The molecule has 6 unspecified atom stereocenters. The first kappa shape index (κ1) is 32.6. The van der Waals surface area contributed by atoms with Crippen LogP contribution in [0.2, 0.25) is 5.82 Å². The Balaban J connectivity index is 1.20. The van der Waals surface area contributed by atoms with Crippen LogP contribution < -0.4 is 5.32 Å². The van der Waals surface area contributed by atoms with Crippen molar-refractivity contribution in [3.05, 3.63) is 0 Å². The van der Waals surface area contributed by atoms with E-state index in [1.165, 1.54) is 32.1 Å². The van der Waals surface area contributed by atoms with E-state index in [1.807, 2.05) is 20.8 Å². The van der Waals surface area contributed by atoms with Crippen molar-refractivity contribution in [1.82, 2.24) is 15.1 Å². The molecule has 3 aliphatic carbocycles. The fourth-order valence-electron chi connectivity index (χ4n) is 8.50. The molecule has 1 heterocycles. The van der Waals surface area contributed by atoms with Gasteiger partial charge in [0, 0.05) is 38.1 Å². The minimum absolute atomic E-state index is 0.0193. The molecule has 0 radical (unpaired) electrons. The van der Waals surface area contributed by atoms with Gasteiger partial charge in [0.25, 0.3) is 0 Å². The second kappa shape index (κ2) is 14.9. The highest BCUT2D eigenvalue weighted by molar-refractivity contribution is 6.43. The highest BCUT2D eigenvalue weighted by Gasteiger charge is 2.38. The number of hydrogen-bond donors (Lipinski definition) is 3. The molecule has 2 amide bonds. The lowest BCUT2D eigenvalue weighted by Crippen LogP contribution is -2.47. The molecule has 4 rings (SSSR count). The standard InChI is InChI=1S/C32H58BN3O5/c1-32(2,3)41-31(38)34-21-23-9-7-11-25(19-23)24-15-17-36(18-16-24)30(37)26-12-8-13-28(20-26)35(4)22-27-10-5-6-14-29(27)33(39)40/h23-29,39-40H,5-22H2,1-4H3,(H,34,38). The molecule has 8 nitrogen and oxygen atoms in total. The molecule has 0 aromatic carbocycles. The number of nitrogens with one attached hydrogen (secondary N) is 1. The third-order valence-corrected chi connectivity index (χ3v) is 10.8. The van der Waals surface area contributed by atoms with Gasteiger partial charge in [0.2, 0.25) is 5.91 Å². The van der Waals surface area contributed by atoms with Gasteiger partial charge >= 0.3 is 13.2 Å². The van der Waals surface area contributed by atoms with E-state index < -0.39 is 12.7 Å². The molecule has 1 aliphatic heterocycles. The number of nitrogens with zero attached hydrogens (tertiary/aromatic N) is 2. The Kier molecular flexibility index (Phi) is 11.9. The molecule has 3 N–H and O–H groups in total. The molecule has 41 heavy (non-hydrogen) atoms. The van der Waals surface area contributed by atoms with Gasteiger partial charge in [0.15, 0.2) is 0 Å². The van der Waals surface area contributed by atoms with Crippen LogP contribution >= 0.6 is 0 Å². The lowest BCUT2D eigenvalue weighted by Gasteiger charge is -2.42. The molecule has 0 bridgehead atoms. The molecule has 234 valence electrons. The summed E-state index contributed by atoms with van der Waals surface area (Å²) in [5.74, 6) is 2.69. The van der Waals surface area contributed by atoms with Gasteiger partial charge in [-0.25, -0.2) is 4.79 Å². The van der Waals surface area contributed by atoms with Crippen molar-refractivity contribution < 1.29 is 24.4 Å². The Morgan fingerprint density at radius 2 is 1.61 bits per heavy atom. The Bertz CT molecular complexity index is 844. The zero-order chi connectivity index (χ0) is 29.6. The summed E-state index contributed by atoms with van der Waals surface area (Å²) in [4.78, 5) is 30.3. The van der Waals surface area contributed by atoms with Crippen LogP contribution in [0.15, 0.2) is 0 Å². The molecule has 0 spiro atoms. The third-order valence-electron chi connectivity index (χ3n) is 10.8. The van der Waals surface area contributed by atoms with Crippen molar-refractivity contribution in [2.75, 3.05) is 33.2 Å². The van der Waals surface area contributed by atoms with E-state index in [9.17, 15) is 19.6 Å². The van der Waals surface area contributed by atoms with Gasteiger partial charge in [0.1, 0.15) is 5.60 Å². The Morgan fingerprint density at radius 1 is 0.902 bits per heavy atom. The van der Waals surface area contributed by atoms with Crippen LogP contribution in [-0.4, -0.2) is 83.8 Å². The normalized spacial score (nSPS) is 32.0. The third kappa shape index (κ3) is 9.59. The second-order valence-electron chi connectivity index (χ2n) is 14.9. The molecule has 4 fully saturated rings. The van der Waals surface area contributed by atoms with Crippen LogP contribution in [0.25, 0.3) is 0 Å². The summed E-state index contributed by atoms with van der Waals surface area (Å²) in [6.07, 6.45) is 15.1. The highest BCUT2D eigenvalue weighted by atomic mass is 16.6.